The Morgan fingerprint density at radius 3 is 1.94 bits per heavy atom. The third kappa shape index (κ3) is 15.3. The zero-order valence-electron chi connectivity index (χ0n) is 21.1. The molecule has 0 saturated heterocycles. The first kappa shape index (κ1) is 33.3. The van der Waals surface area contributed by atoms with Crippen LogP contribution in [0.3, 0.4) is 0 Å². The molecular weight excluding hydrogens is 476 g/mol. The Kier molecular flexibility index (Phi) is 18.0. The molecule has 5 N–H and O–H groups in total. The predicted octanol–water partition coefficient (Wildman–Crippen LogP) is 0.339. The van der Waals surface area contributed by atoms with Crippen molar-refractivity contribution >= 4 is 35.2 Å². The highest BCUT2D eigenvalue weighted by Gasteiger charge is 2.25. The summed E-state index contributed by atoms with van der Waals surface area (Å²) in [5.41, 5.74) is 0. The van der Waals surface area contributed by atoms with E-state index in [-0.39, 0.29) is 62.6 Å². The fraction of sp³-hybridized carbons (Fsp3) is 0.750. The molecule has 0 heterocycles. The second-order valence-corrected chi connectivity index (χ2v) is 8.58. The lowest BCUT2D eigenvalue weighted by molar-refractivity contribution is -0.146. The van der Waals surface area contributed by atoms with Crippen LogP contribution in [0.15, 0.2) is 0 Å². The number of aliphatic hydroxyl groups is 1. The molecule has 0 spiro atoms. The Morgan fingerprint density at radius 1 is 0.833 bits per heavy atom. The van der Waals surface area contributed by atoms with E-state index in [0.717, 1.165) is 0 Å². The van der Waals surface area contributed by atoms with Crippen LogP contribution in [-0.2, 0) is 33.5 Å². The van der Waals surface area contributed by atoms with Gasteiger partial charge in [-0.25, -0.2) is 0 Å². The molecule has 0 aliphatic carbocycles. The minimum absolute atomic E-state index is 0.0467. The summed E-state index contributed by atoms with van der Waals surface area (Å²) in [5, 5.41) is 33.1. The lowest BCUT2D eigenvalue weighted by Crippen LogP contribution is -2.36. The monoisotopic (exact) mass is 516 g/mol. The lowest BCUT2D eigenvalue weighted by atomic mass is 9.91. The fourth-order valence-electron chi connectivity index (χ4n) is 3.56. The largest absolute Gasteiger partial charge is 0.481 e. The van der Waals surface area contributed by atoms with Crippen LogP contribution in [0.25, 0.3) is 0 Å². The van der Waals surface area contributed by atoms with Crippen LogP contribution in [0.2, 0.25) is 0 Å². The van der Waals surface area contributed by atoms with E-state index in [1.807, 2.05) is 0 Å². The SMILES string of the molecule is CCOCC(=O)C[C@@H](CCC(=O)C[C@@H](CCC(=O)NCCCC[C@H](NC)C(=O)CO)C(=O)O)C(=O)O. The molecule has 0 aromatic rings. The Bertz CT molecular complexity index is 740. The molecule has 0 unspecified atom stereocenters. The number of unbranched alkanes of at least 4 members (excludes halogenated alkanes) is 1. The summed E-state index contributed by atoms with van der Waals surface area (Å²) in [6.45, 7) is 1.63. The van der Waals surface area contributed by atoms with Crippen LogP contribution in [0, 0.1) is 11.8 Å². The number of ether oxygens (including phenoxy) is 1. The molecule has 0 rings (SSSR count). The first-order chi connectivity index (χ1) is 17.0. The summed E-state index contributed by atoms with van der Waals surface area (Å²) >= 11 is 0. The van der Waals surface area contributed by atoms with Crippen molar-refractivity contribution in [1.82, 2.24) is 10.6 Å². The van der Waals surface area contributed by atoms with Crippen LogP contribution >= 0.6 is 0 Å². The maximum absolute atomic E-state index is 12.3. The van der Waals surface area contributed by atoms with E-state index in [0.29, 0.717) is 32.4 Å². The normalized spacial score (nSPS) is 13.4. The highest BCUT2D eigenvalue weighted by Crippen LogP contribution is 2.18. The van der Waals surface area contributed by atoms with E-state index in [2.05, 4.69) is 10.6 Å². The van der Waals surface area contributed by atoms with Crippen LogP contribution in [-0.4, -0.2) is 90.0 Å². The maximum Gasteiger partial charge on any atom is 0.306 e. The molecule has 0 radical (unpaired) electrons. The number of hydrogen-bond donors (Lipinski definition) is 5. The number of amides is 1. The molecule has 0 fully saturated rings. The van der Waals surface area contributed by atoms with E-state index in [1.165, 1.54) is 0 Å². The van der Waals surface area contributed by atoms with Gasteiger partial charge in [0.1, 0.15) is 19.0 Å². The summed E-state index contributed by atoms with van der Waals surface area (Å²) in [6.07, 6.45) is 0.756. The van der Waals surface area contributed by atoms with Crippen molar-refractivity contribution in [3.8, 4) is 0 Å². The molecule has 0 saturated carbocycles. The second-order valence-electron chi connectivity index (χ2n) is 8.58. The summed E-state index contributed by atoms with van der Waals surface area (Å²) < 4.78 is 4.96. The number of nitrogens with one attached hydrogen (secondary N) is 2. The molecular formula is C24H40N2O10. The zero-order valence-corrected chi connectivity index (χ0v) is 21.1. The molecule has 0 aliphatic heterocycles. The number of Topliss-reactive ketones (excluding diaryl/α,β-unsaturated/α-hetero) is 3. The smallest absolute Gasteiger partial charge is 0.306 e. The predicted molar refractivity (Wildman–Crippen MR) is 128 cm³/mol. The minimum Gasteiger partial charge on any atom is -0.481 e. The van der Waals surface area contributed by atoms with E-state index in [4.69, 9.17) is 9.84 Å². The third-order valence-electron chi connectivity index (χ3n) is 5.74. The fourth-order valence-corrected chi connectivity index (χ4v) is 3.56. The van der Waals surface area contributed by atoms with Gasteiger partial charge in [-0.3, -0.25) is 28.8 Å². The molecule has 3 atom stereocenters. The molecule has 12 nitrogen and oxygen atoms in total. The quantitative estimate of drug-likeness (QED) is 0.117. The molecule has 0 aromatic carbocycles. The number of rotatable bonds is 23. The molecule has 0 aromatic heterocycles. The number of aliphatic carboxylic acids is 2. The number of ketones is 3. The van der Waals surface area contributed by atoms with Gasteiger partial charge in [-0.15, -0.1) is 0 Å². The Morgan fingerprint density at radius 2 is 1.42 bits per heavy atom. The number of aliphatic hydroxyl groups excluding tert-OH is 1. The van der Waals surface area contributed by atoms with Gasteiger partial charge < -0.3 is 30.7 Å². The summed E-state index contributed by atoms with van der Waals surface area (Å²) in [6, 6.07) is -0.444. The third-order valence-corrected chi connectivity index (χ3v) is 5.74. The summed E-state index contributed by atoms with van der Waals surface area (Å²) in [7, 11) is 1.62. The van der Waals surface area contributed by atoms with Crippen molar-refractivity contribution < 1.29 is 48.8 Å². The number of hydrogen-bond acceptors (Lipinski definition) is 9. The summed E-state index contributed by atoms with van der Waals surface area (Å²) in [5.74, 6) is -6.04. The average molecular weight is 517 g/mol. The number of carbonyl (C=O) groups is 6. The van der Waals surface area contributed by atoms with Crippen molar-refractivity contribution in [3.63, 3.8) is 0 Å². The molecule has 36 heavy (non-hydrogen) atoms. The van der Waals surface area contributed by atoms with Crippen molar-refractivity contribution in [3.05, 3.63) is 0 Å². The van der Waals surface area contributed by atoms with Gasteiger partial charge in [0.25, 0.3) is 0 Å². The second kappa shape index (κ2) is 19.5. The first-order valence-electron chi connectivity index (χ1n) is 12.2. The van der Waals surface area contributed by atoms with Crippen LogP contribution in [0.5, 0.6) is 0 Å². The lowest BCUT2D eigenvalue weighted by Gasteiger charge is -2.14. The molecule has 1 amide bonds. The first-order valence-corrected chi connectivity index (χ1v) is 12.2. The van der Waals surface area contributed by atoms with Crippen LogP contribution < -0.4 is 10.6 Å². The van der Waals surface area contributed by atoms with Gasteiger partial charge >= 0.3 is 11.9 Å². The average Bonchev–Trinajstić information content (AvgIpc) is 2.84. The summed E-state index contributed by atoms with van der Waals surface area (Å²) in [4.78, 5) is 70.4. The Labute approximate surface area is 211 Å². The number of carboxylic acid groups (broad SMARTS) is 2. The van der Waals surface area contributed by atoms with Crippen molar-refractivity contribution in [2.75, 3.05) is 33.4 Å². The number of likely N-dealkylation sites (N-methyl/N-ethyl adjacent to an activating group) is 1. The van der Waals surface area contributed by atoms with Crippen molar-refractivity contribution in [2.45, 2.75) is 70.8 Å². The zero-order chi connectivity index (χ0) is 27.5. The topological polar surface area (TPSA) is 196 Å². The molecule has 206 valence electrons. The Hall–Kier alpha value is -2.70. The van der Waals surface area contributed by atoms with Crippen LogP contribution in [0.4, 0.5) is 0 Å². The van der Waals surface area contributed by atoms with Crippen molar-refractivity contribution in [2.24, 2.45) is 11.8 Å². The van der Waals surface area contributed by atoms with E-state index < -0.39 is 42.2 Å². The minimum atomic E-state index is -1.22. The highest BCUT2D eigenvalue weighted by molar-refractivity contribution is 5.87. The van der Waals surface area contributed by atoms with Gasteiger partial charge in [0.2, 0.25) is 5.91 Å². The van der Waals surface area contributed by atoms with E-state index in [1.54, 1.807) is 14.0 Å². The molecule has 0 aliphatic rings. The molecule has 12 heteroatoms. The number of carbonyl (C=O) groups excluding carboxylic acids is 4. The van der Waals surface area contributed by atoms with E-state index in [9.17, 15) is 39.0 Å². The Balaban J connectivity index is 4.41. The van der Waals surface area contributed by atoms with E-state index >= 15 is 0 Å². The maximum atomic E-state index is 12.3. The number of carboxylic acids is 2. The van der Waals surface area contributed by atoms with Gasteiger partial charge in [-0.05, 0) is 46.1 Å². The standard InChI is InChI=1S/C24H40N2O10/c1-3-36-15-19(29)13-16(23(32)33)7-9-18(28)12-17(24(34)35)8-10-22(31)26-11-5-4-6-20(25-2)21(30)14-27/h16-17,20,25,27H,3-15H2,1-2H3,(H,26,31)(H,32,33)(H,34,35)/t16-,17-,20+/m1/s1. The van der Waals surface area contributed by atoms with Gasteiger partial charge in [-0.1, -0.05) is 0 Å². The molecule has 0 bridgehead atoms. The highest BCUT2D eigenvalue weighted by atomic mass is 16.5. The van der Waals surface area contributed by atoms with Gasteiger partial charge in [0, 0.05) is 38.8 Å². The van der Waals surface area contributed by atoms with Gasteiger partial charge in [0.15, 0.2) is 11.6 Å². The van der Waals surface area contributed by atoms with Gasteiger partial charge in [-0.2, -0.15) is 0 Å². The van der Waals surface area contributed by atoms with Crippen LogP contribution in [0.1, 0.15) is 64.7 Å². The van der Waals surface area contributed by atoms with Crippen molar-refractivity contribution in [1.29, 1.82) is 0 Å². The van der Waals surface area contributed by atoms with Gasteiger partial charge in [0.05, 0.1) is 17.9 Å².